The predicted octanol–water partition coefficient (Wildman–Crippen LogP) is 1.89. The van der Waals surface area contributed by atoms with Gasteiger partial charge in [-0.2, -0.15) is 5.10 Å². The summed E-state index contributed by atoms with van der Waals surface area (Å²) in [6, 6.07) is 5.97. The van der Waals surface area contributed by atoms with Gasteiger partial charge in [0.1, 0.15) is 6.10 Å². The molecule has 0 spiro atoms. The molecule has 0 aromatic carbocycles. The van der Waals surface area contributed by atoms with E-state index >= 15 is 0 Å². The Balaban J connectivity index is 1.27. The quantitative estimate of drug-likeness (QED) is 0.606. The average molecular weight is 380 g/mol. The number of methoxy groups -OCH3 is 1. The van der Waals surface area contributed by atoms with Gasteiger partial charge in [-0.05, 0) is 24.6 Å². The summed E-state index contributed by atoms with van der Waals surface area (Å²) in [6.45, 7) is 2.35. The molecule has 4 heterocycles. The van der Waals surface area contributed by atoms with E-state index in [0.29, 0.717) is 11.8 Å². The molecule has 3 aromatic heterocycles. The van der Waals surface area contributed by atoms with Crippen LogP contribution in [0.15, 0.2) is 43.0 Å². The lowest BCUT2D eigenvalue weighted by atomic mass is 10.1. The number of hydrogen-bond acceptors (Lipinski definition) is 7. The van der Waals surface area contributed by atoms with Crippen molar-refractivity contribution in [2.45, 2.75) is 12.5 Å². The van der Waals surface area contributed by atoms with Crippen LogP contribution in [-0.2, 0) is 13.5 Å². The van der Waals surface area contributed by atoms with Crippen LogP contribution in [0.1, 0.15) is 5.56 Å². The second-order valence-corrected chi connectivity index (χ2v) is 6.76. The predicted molar refractivity (Wildman–Crippen MR) is 107 cm³/mol. The number of anilines is 1. The van der Waals surface area contributed by atoms with Gasteiger partial charge in [0.2, 0.25) is 11.8 Å². The highest BCUT2D eigenvalue weighted by atomic mass is 16.5. The van der Waals surface area contributed by atoms with Crippen LogP contribution in [0, 0.1) is 0 Å². The van der Waals surface area contributed by atoms with Crippen LogP contribution in [0.2, 0.25) is 0 Å². The summed E-state index contributed by atoms with van der Waals surface area (Å²) in [6.07, 6.45) is 8.41. The molecule has 146 valence electrons. The van der Waals surface area contributed by atoms with E-state index in [1.807, 2.05) is 44.0 Å². The van der Waals surface area contributed by atoms with E-state index in [0.717, 1.165) is 42.9 Å². The van der Waals surface area contributed by atoms with Crippen molar-refractivity contribution >= 4 is 5.69 Å². The molecule has 1 aliphatic heterocycles. The highest BCUT2D eigenvalue weighted by Gasteiger charge is 2.20. The first-order valence-electron chi connectivity index (χ1n) is 9.30. The second-order valence-electron chi connectivity index (χ2n) is 6.76. The highest BCUT2D eigenvalue weighted by molar-refractivity contribution is 5.69. The fraction of sp³-hybridized carbons (Fsp3) is 0.350. The third kappa shape index (κ3) is 4.23. The molecule has 1 atom stereocenters. The Kier molecular flexibility index (Phi) is 5.38. The van der Waals surface area contributed by atoms with Crippen molar-refractivity contribution in [2.24, 2.45) is 7.05 Å². The number of nitrogens with zero attached hydrogens (tertiary/aromatic N) is 4. The summed E-state index contributed by atoms with van der Waals surface area (Å²) < 4.78 is 12.9. The maximum Gasteiger partial charge on any atom is 0.237 e. The standard InChI is InChI=1S/C20H24N6O2/c1-26-13-16(10-25-26)15-7-18-20(24-9-15)28-17(12-22-18)11-21-6-5-14-3-4-19(27-2)23-8-14/h3-4,7-10,13,17,21-22H,5-6,11-12H2,1-2H3. The zero-order valence-electron chi connectivity index (χ0n) is 16.1. The summed E-state index contributed by atoms with van der Waals surface area (Å²) in [4.78, 5) is 8.70. The molecule has 0 fully saturated rings. The molecule has 3 aromatic rings. The maximum atomic E-state index is 6.02. The van der Waals surface area contributed by atoms with E-state index < -0.39 is 0 Å². The third-order valence-corrected chi connectivity index (χ3v) is 4.66. The zero-order chi connectivity index (χ0) is 19.3. The number of nitrogens with one attached hydrogen (secondary N) is 2. The van der Waals surface area contributed by atoms with Crippen LogP contribution < -0.4 is 20.1 Å². The van der Waals surface area contributed by atoms with Gasteiger partial charge in [0.25, 0.3) is 0 Å². The normalized spacial score (nSPS) is 15.4. The molecule has 28 heavy (non-hydrogen) atoms. The molecular weight excluding hydrogens is 356 g/mol. The number of fused-ring (bicyclic) bond motifs is 1. The van der Waals surface area contributed by atoms with Gasteiger partial charge >= 0.3 is 0 Å². The molecule has 1 unspecified atom stereocenters. The van der Waals surface area contributed by atoms with E-state index in [1.54, 1.807) is 11.8 Å². The van der Waals surface area contributed by atoms with Crippen LogP contribution in [0.5, 0.6) is 11.8 Å². The van der Waals surface area contributed by atoms with Gasteiger partial charge in [-0.15, -0.1) is 0 Å². The number of hydrogen-bond donors (Lipinski definition) is 2. The lowest BCUT2D eigenvalue weighted by Gasteiger charge is -2.27. The van der Waals surface area contributed by atoms with Crippen LogP contribution in [0.25, 0.3) is 11.1 Å². The van der Waals surface area contributed by atoms with Crippen molar-refractivity contribution in [3.05, 3.63) is 48.5 Å². The lowest BCUT2D eigenvalue weighted by molar-refractivity contribution is 0.194. The third-order valence-electron chi connectivity index (χ3n) is 4.66. The van der Waals surface area contributed by atoms with Crippen molar-refractivity contribution in [3.8, 4) is 22.9 Å². The smallest absolute Gasteiger partial charge is 0.237 e. The summed E-state index contributed by atoms with van der Waals surface area (Å²) >= 11 is 0. The Morgan fingerprint density at radius 2 is 2.18 bits per heavy atom. The first kappa shape index (κ1) is 18.2. The summed E-state index contributed by atoms with van der Waals surface area (Å²) in [5, 5.41) is 11.1. The van der Waals surface area contributed by atoms with Crippen molar-refractivity contribution in [1.29, 1.82) is 0 Å². The average Bonchev–Trinajstić information content (AvgIpc) is 3.17. The molecule has 4 rings (SSSR count). The van der Waals surface area contributed by atoms with Gasteiger partial charge < -0.3 is 20.1 Å². The largest absolute Gasteiger partial charge is 0.481 e. The van der Waals surface area contributed by atoms with Crippen LogP contribution >= 0.6 is 0 Å². The van der Waals surface area contributed by atoms with Crippen LogP contribution in [0.4, 0.5) is 5.69 Å². The number of pyridine rings is 2. The first-order chi connectivity index (χ1) is 13.7. The Hall–Kier alpha value is -3.13. The minimum atomic E-state index is 0.0400. The molecule has 8 nitrogen and oxygen atoms in total. The van der Waals surface area contributed by atoms with Gasteiger partial charge in [-0.1, -0.05) is 6.07 Å². The molecule has 0 aliphatic carbocycles. The van der Waals surface area contributed by atoms with E-state index in [9.17, 15) is 0 Å². The minimum Gasteiger partial charge on any atom is -0.481 e. The molecule has 8 heteroatoms. The maximum absolute atomic E-state index is 6.02. The monoisotopic (exact) mass is 380 g/mol. The van der Waals surface area contributed by atoms with Crippen molar-refractivity contribution in [2.75, 3.05) is 32.1 Å². The zero-order valence-corrected chi connectivity index (χ0v) is 16.1. The Morgan fingerprint density at radius 1 is 1.25 bits per heavy atom. The van der Waals surface area contributed by atoms with Gasteiger partial charge in [-0.3, -0.25) is 4.68 Å². The molecule has 0 saturated carbocycles. The van der Waals surface area contributed by atoms with E-state index in [-0.39, 0.29) is 6.10 Å². The van der Waals surface area contributed by atoms with Gasteiger partial charge in [-0.25, -0.2) is 9.97 Å². The van der Waals surface area contributed by atoms with Crippen molar-refractivity contribution < 1.29 is 9.47 Å². The number of ether oxygens (including phenoxy) is 2. The van der Waals surface area contributed by atoms with Gasteiger partial charge in [0, 0.05) is 49.4 Å². The van der Waals surface area contributed by atoms with Crippen molar-refractivity contribution in [3.63, 3.8) is 0 Å². The minimum absolute atomic E-state index is 0.0400. The fourth-order valence-electron chi connectivity index (χ4n) is 3.11. The Morgan fingerprint density at radius 3 is 2.93 bits per heavy atom. The SMILES string of the molecule is COc1ccc(CCNCC2CNc3cc(-c4cnn(C)c4)cnc3O2)cn1. The summed E-state index contributed by atoms with van der Waals surface area (Å²) in [7, 11) is 3.52. The number of aromatic nitrogens is 4. The summed E-state index contributed by atoms with van der Waals surface area (Å²) in [5.74, 6) is 1.28. The van der Waals surface area contributed by atoms with E-state index in [1.165, 1.54) is 5.56 Å². The van der Waals surface area contributed by atoms with Gasteiger partial charge in [0.05, 0.1) is 25.5 Å². The second kappa shape index (κ2) is 8.26. The van der Waals surface area contributed by atoms with E-state index in [2.05, 4.69) is 31.8 Å². The number of rotatable bonds is 7. The van der Waals surface area contributed by atoms with E-state index in [4.69, 9.17) is 9.47 Å². The molecular formula is C20H24N6O2. The number of aryl methyl sites for hydroxylation is 1. The molecule has 0 saturated heterocycles. The van der Waals surface area contributed by atoms with Crippen LogP contribution in [0.3, 0.4) is 0 Å². The molecule has 0 radical (unpaired) electrons. The lowest BCUT2D eigenvalue weighted by Crippen LogP contribution is -2.40. The Labute approximate surface area is 163 Å². The van der Waals surface area contributed by atoms with Crippen molar-refractivity contribution in [1.82, 2.24) is 25.1 Å². The fourth-order valence-corrected chi connectivity index (χ4v) is 3.11. The molecule has 0 amide bonds. The van der Waals surface area contributed by atoms with Crippen LogP contribution in [-0.4, -0.2) is 52.6 Å². The molecule has 0 bridgehead atoms. The topological polar surface area (TPSA) is 86.1 Å². The summed E-state index contributed by atoms with van der Waals surface area (Å²) in [5.41, 5.74) is 4.15. The Bertz CT molecular complexity index is 925. The first-order valence-corrected chi connectivity index (χ1v) is 9.30. The molecule has 1 aliphatic rings. The van der Waals surface area contributed by atoms with Gasteiger partial charge in [0.15, 0.2) is 0 Å². The molecule has 2 N–H and O–H groups in total. The highest BCUT2D eigenvalue weighted by Crippen LogP contribution is 2.30.